The minimum atomic E-state index is -0.248. The molecule has 1 heterocycles. The fraction of sp³-hybridized carbons (Fsp3) is 0.444. The minimum absolute atomic E-state index is 0.00572. The van der Waals surface area contributed by atoms with Crippen LogP contribution < -0.4 is 4.90 Å². The number of anilines is 1. The summed E-state index contributed by atoms with van der Waals surface area (Å²) in [5, 5.41) is 0. The number of hydrogen-bond acceptors (Lipinski definition) is 5. The van der Waals surface area contributed by atoms with Crippen LogP contribution in [0.3, 0.4) is 0 Å². The molecule has 2 amide bonds. The Kier molecular flexibility index (Phi) is 9.22. The Morgan fingerprint density at radius 2 is 1.85 bits per heavy atom. The SMILES string of the molecule is CCOC(=O)[C@@H]1CCCN(C(=O)Cc2ccc(N(Cc3cccc(C)c3)C(=O)COC)cc2)C1. The number of benzene rings is 2. The first-order valence-corrected chi connectivity index (χ1v) is 11.8. The van der Waals surface area contributed by atoms with Gasteiger partial charge in [-0.05, 0) is 49.9 Å². The summed E-state index contributed by atoms with van der Waals surface area (Å²) in [4.78, 5) is 41.1. The van der Waals surface area contributed by atoms with E-state index in [1.165, 1.54) is 7.11 Å². The van der Waals surface area contributed by atoms with Gasteiger partial charge in [0.2, 0.25) is 5.91 Å². The van der Waals surface area contributed by atoms with Crippen molar-refractivity contribution >= 4 is 23.5 Å². The predicted octanol–water partition coefficient (Wildman–Crippen LogP) is 3.52. The molecule has 1 atom stereocenters. The van der Waals surface area contributed by atoms with Crippen molar-refractivity contribution < 1.29 is 23.9 Å². The van der Waals surface area contributed by atoms with Crippen LogP contribution in [0.2, 0.25) is 0 Å². The molecule has 0 spiro atoms. The first kappa shape index (κ1) is 25.4. The zero-order chi connectivity index (χ0) is 24.5. The molecule has 2 aromatic carbocycles. The molecule has 7 nitrogen and oxygen atoms in total. The Morgan fingerprint density at radius 3 is 2.53 bits per heavy atom. The maximum atomic E-state index is 12.9. The Morgan fingerprint density at radius 1 is 1.09 bits per heavy atom. The number of ether oxygens (including phenoxy) is 2. The number of nitrogens with zero attached hydrogens (tertiary/aromatic N) is 2. The lowest BCUT2D eigenvalue weighted by atomic mass is 9.97. The maximum Gasteiger partial charge on any atom is 0.310 e. The van der Waals surface area contributed by atoms with Gasteiger partial charge in [0.25, 0.3) is 5.91 Å². The molecule has 0 bridgehead atoms. The third-order valence-electron chi connectivity index (χ3n) is 5.99. The summed E-state index contributed by atoms with van der Waals surface area (Å²) >= 11 is 0. The summed E-state index contributed by atoms with van der Waals surface area (Å²) in [5.41, 5.74) is 3.78. The number of methoxy groups -OCH3 is 1. The van der Waals surface area contributed by atoms with Crippen molar-refractivity contribution in [3.05, 3.63) is 65.2 Å². The zero-order valence-corrected chi connectivity index (χ0v) is 20.3. The molecule has 1 aliphatic rings. The van der Waals surface area contributed by atoms with Gasteiger partial charge in [-0.1, -0.05) is 42.0 Å². The molecule has 1 aliphatic heterocycles. The lowest BCUT2D eigenvalue weighted by molar-refractivity contribution is -0.151. The number of likely N-dealkylation sites (tertiary alicyclic amines) is 1. The second-order valence-corrected chi connectivity index (χ2v) is 8.68. The first-order valence-electron chi connectivity index (χ1n) is 11.8. The van der Waals surface area contributed by atoms with E-state index in [4.69, 9.17) is 9.47 Å². The summed E-state index contributed by atoms with van der Waals surface area (Å²) in [6.07, 6.45) is 1.80. The molecule has 7 heteroatoms. The van der Waals surface area contributed by atoms with Crippen LogP contribution in [0, 0.1) is 12.8 Å². The number of esters is 1. The van der Waals surface area contributed by atoms with E-state index < -0.39 is 0 Å². The molecule has 0 unspecified atom stereocenters. The number of amides is 2. The molecule has 1 saturated heterocycles. The highest BCUT2D eigenvalue weighted by atomic mass is 16.5. The quantitative estimate of drug-likeness (QED) is 0.529. The van der Waals surface area contributed by atoms with Crippen molar-refractivity contribution in [2.24, 2.45) is 5.92 Å². The standard InChI is InChI=1S/C27H34N2O5/c1-4-34-27(32)23-9-6-14-28(18-23)25(30)16-21-10-12-24(13-11-21)29(26(31)19-33-3)17-22-8-5-7-20(2)15-22/h5,7-8,10-13,15,23H,4,6,9,14,16-19H2,1-3H3/t23-/m1/s1. The maximum absolute atomic E-state index is 12.9. The van der Waals surface area contributed by atoms with Crippen molar-refractivity contribution in [1.82, 2.24) is 4.90 Å². The van der Waals surface area contributed by atoms with Gasteiger partial charge in [0.1, 0.15) is 6.61 Å². The highest BCUT2D eigenvalue weighted by molar-refractivity contribution is 5.94. The average Bonchev–Trinajstić information content (AvgIpc) is 2.83. The van der Waals surface area contributed by atoms with Crippen LogP contribution in [0.25, 0.3) is 0 Å². The highest BCUT2D eigenvalue weighted by Gasteiger charge is 2.29. The largest absolute Gasteiger partial charge is 0.466 e. The molecule has 3 rings (SSSR count). The van der Waals surface area contributed by atoms with Crippen LogP contribution in [0.1, 0.15) is 36.5 Å². The van der Waals surface area contributed by atoms with Gasteiger partial charge in [-0.15, -0.1) is 0 Å². The summed E-state index contributed by atoms with van der Waals surface area (Å²) in [5.74, 6) is -0.610. The van der Waals surface area contributed by atoms with Gasteiger partial charge in [-0.25, -0.2) is 0 Å². The Balaban J connectivity index is 1.67. The molecule has 182 valence electrons. The van der Waals surface area contributed by atoms with Crippen molar-refractivity contribution in [3.8, 4) is 0 Å². The smallest absolute Gasteiger partial charge is 0.310 e. The summed E-state index contributed by atoms with van der Waals surface area (Å²) < 4.78 is 10.2. The lowest BCUT2D eigenvalue weighted by Gasteiger charge is -2.31. The number of carbonyl (C=O) groups is 3. The van der Waals surface area contributed by atoms with E-state index in [0.717, 1.165) is 35.2 Å². The van der Waals surface area contributed by atoms with E-state index in [-0.39, 0.29) is 36.7 Å². The van der Waals surface area contributed by atoms with Crippen LogP contribution in [0.5, 0.6) is 0 Å². The van der Waals surface area contributed by atoms with Crippen LogP contribution in [0.4, 0.5) is 5.69 Å². The Hall–Kier alpha value is -3.19. The van der Waals surface area contributed by atoms with Gasteiger partial charge in [0.15, 0.2) is 0 Å². The summed E-state index contributed by atoms with van der Waals surface area (Å²) in [7, 11) is 1.50. The van der Waals surface area contributed by atoms with E-state index in [0.29, 0.717) is 26.2 Å². The molecule has 0 N–H and O–H groups in total. The highest BCUT2D eigenvalue weighted by Crippen LogP contribution is 2.22. The van der Waals surface area contributed by atoms with E-state index in [9.17, 15) is 14.4 Å². The van der Waals surface area contributed by atoms with E-state index >= 15 is 0 Å². The molecule has 0 radical (unpaired) electrons. The third-order valence-corrected chi connectivity index (χ3v) is 5.99. The van der Waals surface area contributed by atoms with Gasteiger partial charge < -0.3 is 19.3 Å². The van der Waals surface area contributed by atoms with Gasteiger partial charge in [-0.3, -0.25) is 14.4 Å². The number of piperidine rings is 1. The van der Waals surface area contributed by atoms with Gasteiger partial charge >= 0.3 is 5.97 Å². The summed E-state index contributed by atoms with van der Waals surface area (Å²) in [6, 6.07) is 15.5. The first-order chi connectivity index (χ1) is 16.4. The molecule has 2 aromatic rings. The van der Waals surface area contributed by atoms with Crippen LogP contribution in [-0.2, 0) is 36.8 Å². The Bertz CT molecular complexity index is 989. The molecule has 34 heavy (non-hydrogen) atoms. The minimum Gasteiger partial charge on any atom is -0.466 e. The van der Waals surface area contributed by atoms with Gasteiger partial charge in [0, 0.05) is 25.9 Å². The molecule has 0 aromatic heterocycles. The van der Waals surface area contributed by atoms with Crippen molar-refractivity contribution in [2.75, 3.05) is 38.3 Å². The molecule has 1 fully saturated rings. The fourth-order valence-corrected chi connectivity index (χ4v) is 4.25. The van der Waals surface area contributed by atoms with E-state index in [2.05, 4.69) is 6.07 Å². The number of carbonyl (C=O) groups excluding carboxylic acids is 3. The molecule has 0 saturated carbocycles. The number of hydrogen-bond donors (Lipinski definition) is 0. The van der Waals surface area contributed by atoms with Crippen molar-refractivity contribution in [2.45, 2.75) is 39.7 Å². The van der Waals surface area contributed by atoms with Crippen LogP contribution in [0.15, 0.2) is 48.5 Å². The average molecular weight is 467 g/mol. The van der Waals surface area contributed by atoms with E-state index in [1.807, 2.05) is 49.4 Å². The van der Waals surface area contributed by atoms with Crippen molar-refractivity contribution in [3.63, 3.8) is 0 Å². The molecular weight excluding hydrogens is 432 g/mol. The predicted molar refractivity (Wildman–Crippen MR) is 130 cm³/mol. The summed E-state index contributed by atoms with van der Waals surface area (Å²) in [6.45, 7) is 5.65. The second kappa shape index (κ2) is 12.3. The Labute approximate surface area is 201 Å². The fourth-order valence-electron chi connectivity index (χ4n) is 4.25. The zero-order valence-electron chi connectivity index (χ0n) is 20.3. The monoisotopic (exact) mass is 466 g/mol. The molecule has 0 aliphatic carbocycles. The van der Waals surface area contributed by atoms with Crippen molar-refractivity contribution in [1.29, 1.82) is 0 Å². The molecular formula is C27H34N2O5. The lowest BCUT2D eigenvalue weighted by Crippen LogP contribution is -2.43. The topological polar surface area (TPSA) is 76.2 Å². The van der Waals surface area contributed by atoms with Gasteiger partial charge in [0.05, 0.1) is 25.5 Å². The van der Waals surface area contributed by atoms with Crippen LogP contribution in [-0.4, -0.2) is 56.1 Å². The van der Waals surface area contributed by atoms with Gasteiger partial charge in [-0.2, -0.15) is 0 Å². The van der Waals surface area contributed by atoms with Crippen LogP contribution >= 0.6 is 0 Å². The normalized spacial score (nSPS) is 15.6. The second-order valence-electron chi connectivity index (χ2n) is 8.68. The van der Waals surface area contributed by atoms with E-state index in [1.54, 1.807) is 16.7 Å². The number of aryl methyl sites for hydroxylation is 1. The third kappa shape index (κ3) is 6.90. The number of rotatable bonds is 9.